The van der Waals surface area contributed by atoms with Gasteiger partial charge in [-0.05, 0) is 37.3 Å². The minimum atomic E-state index is 0.0337. The van der Waals surface area contributed by atoms with Crippen molar-refractivity contribution in [2.75, 3.05) is 32.0 Å². The molecule has 1 aliphatic rings. The van der Waals surface area contributed by atoms with Crippen molar-refractivity contribution in [3.63, 3.8) is 0 Å². The standard InChI is InChI=1S/C20H20N6O2/c1-11-22-18-14(10-17(21)25-19(18)23-11)16-9-13-8-12(2-3-15(13)24-16)20(27)26-4-6-28-7-5-26/h2-3,8-10,24H,4-7H2,1H3,(H3,21,22,23,25). The molecule has 1 aliphatic heterocycles. The highest BCUT2D eigenvalue weighted by Gasteiger charge is 2.19. The van der Waals surface area contributed by atoms with E-state index in [4.69, 9.17) is 10.5 Å². The van der Waals surface area contributed by atoms with Crippen molar-refractivity contribution < 1.29 is 9.53 Å². The Bertz CT molecular complexity index is 1200. The lowest BCUT2D eigenvalue weighted by molar-refractivity contribution is 0.0303. The molecule has 0 bridgehead atoms. The molecule has 0 aliphatic carbocycles. The minimum absolute atomic E-state index is 0.0337. The summed E-state index contributed by atoms with van der Waals surface area (Å²) in [5.41, 5.74) is 10.8. The van der Waals surface area contributed by atoms with Gasteiger partial charge in [-0.3, -0.25) is 4.79 Å². The van der Waals surface area contributed by atoms with E-state index in [1.807, 2.05) is 42.2 Å². The van der Waals surface area contributed by atoms with Crippen LogP contribution < -0.4 is 5.73 Å². The lowest BCUT2D eigenvalue weighted by atomic mass is 10.1. The SMILES string of the molecule is Cc1nc2c(-c3cc4cc(C(=O)N5CCOCC5)ccc4[nH]3)cc(N)nc2[nH]1. The monoisotopic (exact) mass is 376 g/mol. The first kappa shape index (κ1) is 16.8. The first-order chi connectivity index (χ1) is 13.6. The fraction of sp³-hybridized carbons (Fsp3) is 0.250. The number of rotatable bonds is 2. The molecule has 4 aromatic rings. The van der Waals surface area contributed by atoms with Crippen molar-refractivity contribution in [1.82, 2.24) is 24.8 Å². The highest BCUT2D eigenvalue weighted by Crippen LogP contribution is 2.30. The molecular weight excluding hydrogens is 356 g/mol. The minimum Gasteiger partial charge on any atom is -0.384 e. The Hall–Kier alpha value is -3.39. The van der Waals surface area contributed by atoms with Gasteiger partial charge in [0, 0.05) is 40.8 Å². The zero-order chi connectivity index (χ0) is 19.3. The van der Waals surface area contributed by atoms with Crippen LogP contribution in [0.15, 0.2) is 30.3 Å². The number of carbonyl (C=O) groups is 1. The number of imidazole rings is 1. The molecular formula is C20H20N6O2. The molecule has 1 fully saturated rings. The predicted octanol–water partition coefficient (Wildman–Crippen LogP) is 2.47. The second kappa shape index (κ2) is 6.35. The number of aryl methyl sites for hydroxylation is 1. The van der Waals surface area contributed by atoms with Gasteiger partial charge in [0.25, 0.3) is 5.91 Å². The number of carbonyl (C=O) groups excluding carboxylic acids is 1. The van der Waals surface area contributed by atoms with Crippen molar-refractivity contribution in [2.45, 2.75) is 6.92 Å². The number of aromatic amines is 2. The highest BCUT2D eigenvalue weighted by atomic mass is 16.5. The van der Waals surface area contributed by atoms with E-state index in [9.17, 15) is 4.79 Å². The summed E-state index contributed by atoms with van der Waals surface area (Å²) >= 11 is 0. The summed E-state index contributed by atoms with van der Waals surface area (Å²) in [6, 6.07) is 9.54. The van der Waals surface area contributed by atoms with Gasteiger partial charge in [-0.2, -0.15) is 0 Å². The van der Waals surface area contributed by atoms with Gasteiger partial charge >= 0.3 is 0 Å². The summed E-state index contributed by atoms with van der Waals surface area (Å²) in [6.07, 6.45) is 0. The van der Waals surface area contributed by atoms with Gasteiger partial charge < -0.3 is 25.3 Å². The number of amides is 1. The number of hydrogen-bond donors (Lipinski definition) is 3. The second-order valence-corrected chi connectivity index (χ2v) is 7.00. The molecule has 142 valence electrons. The van der Waals surface area contributed by atoms with Crippen LogP contribution in [0.3, 0.4) is 0 Å². The number of morpholine rings is 1. The molecule has 8 heteroatoms. The Balaban J connectivity index is 1.56. The number of aromatic nitrogens is 4. The summed E-state index contributed by atoms with van der Waals surface area (Å²) in [7, 11) is 0. The third-order valence-corrected chi connectivity index (χ3v) is 5.05. The molecule has 4 heterocycles. The fourth-order valence-corrected chi connectivity index (χ4v) is 3.69. The zero-order valence-corrected chi connectivity index (χ0v) is 15.5. The van der Waals surface area contributed by atoms with Crippen LogP contribution in [-0.4, -0.2) is 57.0 Å². The first-order valence-corrected chi connectivity index (χ1v) is 9.21. The number of anilines is 1. The number of H-pyrrole nitrogens is 2. The van der Waals surface area contributed by atoms with Gasteiger partial charge in [-0.25, -0.2) is 9.97 Å². The lowest BCUT2D eigenvalue weighted by Gasteiger charge is -2.26. The summed E-state index contributed by atoms with van der Waals surface area (Å²) < 4.78 is 5.33. The molecule has 1 saturated heterocycles. The maximum atomic E-state index is 12.8. The molecule has 0 unspecified atom stereocenters. The summed E-state index contributed by atoms with van der Waals surface area (Å²) in [4.78, 5) is 30.0. The third kappa shape index (κ3) is 2.78. The maximum absolute atomic E-state index is 12.8. The van der Waals surface area contributed by atoms with Gasteiger partial charge in [0.2, 0.25) is 0 Å². The quantitative estimate of drug-likeness (QED) is 0.497. The molecule has 5 rings (SSSR count). The molecule has 1 amide bonds. The number of nitrogen functional groups attached to an aromatic ring is 1. The zero-order valence-electron chi connectivity index (χ0n) is 15.5. The van der Waals surface area contributed by atoms with E-state index in [2.05, 4.69) is 19.9 Å². The van der Waals surface area contributed by atoms with Crippen molar-refractivity contribution in [1.29, 1.82) is 0 Å². The Morgan fingerprint density at radius 2 is 1.96 bits per heavy atom. The van der Waals surface area contributed by atoms with Gasteiger partial charge in [-0.1, -0.05) is 0 Å². The number of hydrogen-bond acceptors (Lipinski definition) is 5. The third-order valence-electron chi connectivity index (χ3n) is 5.05. The van der Waals surface area contributed by atoms with Crippen LogP contribution in [0.1, 0.15) is 16.2 Å². The lowest BCUT2D eigenvalue weighted by Crippen LogP contribution is -2.40. The molecule has 0 radical (unpaired) electrons. The van der Waals surface area contributed by atoms with Gasteiger partial charge in [-0.15, -0.1) is 0 Å². The number of nitrogens with two attached hydrogens (primary N) is 1. The Kier molecular flexibility index (Phi) is 3.80. The molecule has 1 aromatic carbocycles. The Morgan fingerprint density at radius 3 is 2.79 bits per heavy atom. The normalized spacial score (nSPS) is 14.8. The van der Waals surface area contributed by atoms with Crippen LogP contribution >= 0.6 is 0 Å². The van der Waals surface area contributed by atoms with Crippen molar-refractivity contribution in [3.05, 3.63) is 41.7 Å². The topological polar surface area (TPSA) is 113 Å². The molecule has 4 N–H and O–H groups in total. The van der Waals surface area contributed by atoms with Crippen LogP contribution in [-0.2, 0) is 4.74 Å². The van der Waals surface area contributed by atoms with E-state index < -0.39 is 0 Å². The number of nitrogens with zero attached hydrogens (tertiary/aromatic N) is 3. The van der Waals surface area contributed by atoms with Crippen molar-refractivity contribution in [2.24, 2.45) is 0 Å². The van der Waals surface area contributed by atoms with E-state index in [1.165, 1.54) is 0 Å². The van der Waals surface area contributed by atoms with E-state index in [-0.39, 0.29) is 5.91 Å². The molecule has 28 heavy (non-hydrogen) atoms. The summed E-state index contributed by atoms with van der Waals surface area (Å²) in [6.45, 7) is 4.32. The average molecular weight is 376 g/mol. The molecule has 0 saturated carbocycles. The van der Waals surface area contributed by atoms with Crippen molar-refractivity contribution in [3.8, 4) is 11.3 Å². The Labute approximate surface area is 160 Å². The van der Waals surface area contributed by atoms with Crippen LogP contribution in [0.4, 0.5) is 5.82 Å². The molecule has 0 spiro atoms. The van der Waals surface area contributed by atoms with Crippen molar-refractivity contribution >= 4 is 33.8 Å². The average Bonchev–Trinajstić information content (AvgIpc) is 3.29. The smallest absolute Gasteiger partial charge is 0.254 e. The highest BCUT2D eigenvalue weighted by molar-refractivity contribution is 6.00. The molecule has 3 aromatic heterocycles. The largest absolute Gasteiger partial charge is 0.384 e. The van der Waals surface area contributed by atoms with E-state index >= 15 is 0 Å². The number of benzene rings is 1. The van der Waals surface area contributed by atoms with Gasteiger partial charge in [0.05, 0.1) is 13.2 Å². The van der Waals surface area contributed by atoms with Crippen LogP contribution in [0.5, 0.6) is 0 Å². The van der Waals surface area contributed by atoms with E-state index in [0.29, 0.717) is 43.3 Å². The van der Waals surface area contributed by atoms with Crippen LogP contribution in [0, 0.1) is 6.92 Å². The number of pyridine rings is 1. The molecule has 8 nitrogen and oxygen atoms in total. The summed E-state index contributed by atoms with van der Waals surface area (Å²) in [5.74, 6) is 1.24. The summed E-state index contributed by atoms with van der Waals surface area (Å²) in [5, 5.41) is 0.963. The van der Waals surface area contributed by atoms with E-state index in [0.717, 1.165) is 33.5 Å². The van der Waals surface area contributed by atoms with E-state index in [1.54, 1.807) is 0 Å². The maximum Gasteiger partial charge on any atom is 0.254 e. The second-order valence-electron chi connectivity index (χ2n) is 7.00. The number of fused-ring (bicyclic) bond motifs is 2. The first-order valence-electron chi connectivity index (χ1n) is 9.21. The number of nitrogens with one attached hydrogen (secondary N) is 2. The Morgan fingerprint density at radius 1 is 1.14 bits per heavy atom. The number of ether oxygens (including phenoxy) is 1. The molecule has 0 atom stereocenters. The van der Waals surface area contributed by atoms with Gasteiger partial charge in [0.1, 0.15) is 17.2 Å². The van der Waals surface area contributed by atoms with Crippen LogP contribution in [0.2, 0.25) is 0 Å². The van der Waals surface area contributed by atoms with Crippen LogP contribution in [0.25, 0.3) is 33.3 Å². The fourth-order valence-electron chi connectivity index (χ4n) is 3.69. The van der Waals surface area contributed by atoms with Gasteiger partial charge in [0.15, 0.2) is 5.65 Å². The predicted molar refractivity (Wildman–Crippen MR) is 107 cm³/mol.